The van der Waals surface area contributed by atoms with Crippen LogP contribution in [0.5, 0.6) is 0 Å². The second kappa shape index (κ2) is 5.36. The van der Waals surface area contributed by atoms with Crippen LogP contribution in [0.2, 0.25) is 0 Å². The Hall–Kier alpha value is -1.51. The Morgan fingerprint density at radius 2 is 2.10 bits per heavy atom. The molecule has 0 radical (unpaired) electrons. The van der Waals surface area contributed by atoms with Gasteiger partial charge in [0.25, 0.3) is 0 Å². The summed E-state index contributed by atoms with van der Waals surface area (Å²) in [6.07, 6.45) is 0. The van der Waals surface area contributed by atoms with Gasteiger partial charge in [-0.25, -0.2) is 4.63 Å². The van der Waals surface area contributed by atoms with Gasteiger partial charge in [0.05, 0.1) is 12.0 Å². The molecule has 2 fully saturated rings. The summed E-state index contributed by atoms with van der Waals surface area (Å²) in [5, 5.41) is 26.4. The first-order chi connectivity index (χ1) is 10.0. The van der Waals surface area contributed by atoms with Crippen molar-refractivity contribution < 1.29 is 19.6 Å². The Morgan fingerprint density at radius 3 is 2.67 bits per heavy atom. The van der Waals surface area contributed by atoms with Crippen molar-refractivity contribution in [3.63, 3.8) is 0 Å². The predicted molar refractivity (Wildman–Crippen MR) is 71.4 cm³/mol. The molecule has 0 unspecified atom stereocenters. The summed E-state index contributed by atoms with van der Waals surface area (Å²) >= 11 is 0. The molecule has 116 valence electrons. The van der Waals surface area contributed by atoms with Gasteiger partial charge in [-0.15, -0.1) is 0 Å². The number of aliphatic carboxylic acids is 1. The van der Waals surface area contributed by atoms with Gasteiger partial charge in [0.15, 0.2) is 0 Å². The van der Waals surface area contributed by atoms with Crippen LogP contribution < -0.4 is 0 Å². The highest BCUT2D eigenvalue weighted by Gasteiger charge is 2.57. The van der Waals surface area contributed by atoms with E-state index in [4.69, 9.17) is 9.74 Å². The second-order valence-corrected chi connectivity index (χ2v) is 6.08. The summed E-state index contributed by atoms with van der Waals surface area (Å²) in [5.74, 6) is -0.660. The van der Waals surface area contributed by atoms with Crippen LogP contribution in [0.4, 0.5) is 0 Å². The number of hydrogen-bond donors (Lipinski definition) is 2. The van der Waals surface area contributed by atoms with E-state index in [1.165, 1.54) is 0 Å². The zero-order chi connectivity index (χ0) is 15.0. The number of likely N-dealkylation sites (tertiary alicyclic amines) is 2. The van der Waals surface area contributed by atoms with Crippen molar-refractivity contribution in [2.45, 2.75) is 13.5 Å². The molecule has 1 aromatic heterocycles. The lowest BCUT2D eigenvalue weighted by Crippen LogP contribution is -2.41. The third-order valence-corrected chi connectivity index (χ3v) is 4.71. The minimum Gasteiger partial charge on any atom is -0.481 e. The molecule has 0 amide bonds. The molecule has 3 heterocycles. The van der Waals surface area contributed by atoms with Crippen molar-refractivity contribution in [3.05, 3.63) is 11.4 Å². The molecule has 8 heteroatoms. The van der Waals surface area contributed by atoms with E-state index >= 15 is 0 Å². The molecular formula is C13H20N4O4. The highest BCUT2D eigenvalue weighted by molar-refractivity contribution is 5.77. The largest absolute Gasteiger partial charge is 0.481 e. The molecule has 21 heavy (non-hydrogen) atoms. The molecule has 2 N–H and O–H groups in total. The van der Waals surface area contributed by atoms with Crippen molar-refractivity contribution >= 4 is 5.97 Å². The summed E-state index contributed by atoms with van der Waals surface area (Å²) < 4.78 is 4.69. The monoisotopic (exact) mass is 296 g/mol. The van der Waals surface area contributed by atoms with Gasteiger partial charge in [-0.05, 0) is 6.92 Å². The van der Waals surface area contributed by atoms with Crippen LogP contribution in [0.25, 0.3) is 0 Å². The highest BCUT2D eigenvalue weighted by atomic mass is 16.6. The van der Waals surface area contributed by atoms with Crippen molar-refractivity contribution in [2.24, 2.45) is 11.3 Å². The van der Waals surface area contributed by atoms with Gasteiger partial charge >= 0.3 is 5.97 Å². The number of carbonyl (C=O) groups is 1. The fraction of sp³-hybridized carbons (Fsp3) is 0.769. The average Bonchev–Trinajstić information content (AvgIpc) is 3.04. The van der Waals surface area contributed by atoms with Crippen LogP contribution >= 0.6 is 0 Å². The standard InChI is InChI=1S/C13H20N4O4/c1-9-11(15-21-14-9)6-17-5-10-4-16(2-3-18)7-13(10,8-17)12(19)20/h10,18H,2-8H2,1H3,(H,19,20)/t10-,13-/m1/s1. The Labute approximate surface area is 122 Å². The molecule has 0 spiro atoms. The molecular weight excluding hydrogens is 276 g/mol. The zero-order valence-corrected chi connectivity index (χ0v) is 12.0. The molecule has 0 saturated carbocycles. The van der Waals surface area contributed by atoms with E-state index in [0.717, 1.165) is 24.5 Å². The van der Waals surface area contributed by atoms with Gasteiger partial charge < -0.3 is 10.2 Å². The molecule has 2 atom stereocenters. The Balaban J connectivity index is 1.72. The van der Waals surface area contributed by atoms with Crippen LogP contribution in [0.15, 0.2) is 4.63 Å². The van der Waals surface area contributed by atoms with E-state index in [1.54, 1.807) is 0 Å². The number of nitrogens with zero attached hydrogens (tertiary/aromatic N) is 4. The first kappa shape index (κ1) is 14.4. The topological polar surface area (TPSA) is 103 Å². The van der Waals surface area contributed by atoms with Crippen LogP contribution in [0.1, 0.15) is 11.4 Å². The highest BCUT2D eigenvalue weighted by Crippen LogP contribution is 2.43. The molecule has 3 rings (SSSR count). The van der Waals surface area contributed by atoms with E-state index < -0.39 is 11.4 Å². The molecule has 1 aromatic rings. The van der Waals surface area contributed by atoms with Crippen molar-refractivity contribution in [2.75, 3.05) is 39.3 Å². The quantitative estimate of drug-likeness (QED) is 0.727. The smallest absolute Gasteiger partial charge is 0.312 e. The number of hydrogen-bond acceptors (Lipinski definition) is 7. The summed E-state index contributed by atoms with van der Waals surface area (Å²) in [6, 6.07) is 0. The number of aliphatic hydroxyl groups is 1. The number of aromatic nitrogens is 2. The van der Waals surface area contributed by atoms with Crippen molar-refractivity contribution in [1.82, 2.24) is 20.1 Å². The first-order valence-electron chi connectivity index (χ1n) is 7.12. The van der Waals surface area contributed by atoms with Crippen LogP contribution in [-0.4, -0.2) is 75.6 Å². The fourth-order valence-corrected chi connectivity index (χ4v) is 3.61. The minimum atomic E-state index is -0.745. The lowest BCUT2D eigenvalue weighted by molar-refractivity contribution is -0.149. The van der Waals surface area contributed by atoms with Crippen molar-refractivity contribution in [3.8, 4) is 0 Å². The van der Waals surface area contributed by atoms with Gasteiger partial charge in [0, 0.05) is 45.2 Å². The van der Waals surface area contributed by atoms with Gasteiger partial charge in [0.1, 0.15) is 11.4 Å². The fourth-order valence-electron chi connectivity index (χ4n) is 3.61. The van der Waals surface area contributed by atoms with Crippen LogP contribution in [0, 0.1) is 18.3 Å². The maximum Gasteiger partial charge on any atom is 0.312 e. The van der Waals surface area contributed by atoms with Gasteiger partial charge in [-0.2, -0.15) is 0 Å². The van der Waals surface area contributed by atoms with Crippen LogP contribution in [0.3, 0.4) is 0 Å². The Morgan fingerprint density at radius 1 is 1.38 bits per heavy atom. The number of carboxylic acids is 1. The summed E-state index contributed by atoms with van der Waals surface area (Å²) in [5.41, 5.74) is 0.779. The molecule has 2 aliphatic heterocycles. The van der Waals surface area contributed by atoms with Gasteiger partial charge in [-0.3, -0.25) is 14.6 Å². The summed E-state index contributed by atoms with van der Waals surface area (Å²) in [6.45, 7) is 5.45. The normalized spacial score (nSPS) is 29.9. The SMILES string of the molecule is Cc1nonc1CN1C[C@H]2CN(CCO)C[C@@]2(C(=O)O)C1. The molecule has 0 aliphatic carbocycles. The minimum absolute atomic E-state index is 0.0654. The predicted octanol–water partition coefficient (Wildman–Crippen LogP) is -0.811. The van der Waals surface area contributed by atoms with E-state index in [0.29, 0.717) is 26.2 Å². The van der Waals surface area contributed by atoms with E-state index in [1.807, 2.05) is 11.8 Å². The maximum atomic E-state index is 11.8. The van der Waals surface area contributed by atoms with E-state index in [-0.39, 0.29) is 12.5 Å². The number of fused-ring (bicyclic) bond motifs is 1. The molecule has 2 aliphatic rings. The number of aryl methyl sites for hydroxylation is 1. The Bertz CT molecular complexity index is 534. The first-order valence-corrected chi connectivity index (χ1v) is 7.12. The zero-order valence-electron chi connectivity index (χ0n) is 12.0. The third kappa shape index (κ3) is 2.43. The maximum absolute atomic E-state index is 11.8. The second-order valence-electron chi connectivity index (χ2n) is 6.08. The molecule has 8 nitrogen and oxygen atoms in total. The summed E-state index contributed by atoms with van der Waals surface area (Å²) in [4.78, 5) is 16.0. The summed E-state index contributed by atoms with van der Waals surface area (Å²) in [7, 11) is 0. The van der Waals surface area contributed by atoms with E-state index in [2.05, 4.69) is 15.2 Å². The number of β-amino-alcohol motifs (C(OH)–C–C–N with tert-alkyl or cyclic N) is 1. The molecule has 0 aromatic carbocycles. The lowest BCUT2D eigenvalue weighted by atomic mass is 9.81. The Kier molecular flexibility index (Phi) is 3.68. The number of aliphatic hydroxyl groups excluding tert-OH is 1. The average molecular weight is 296 g/mol. The van der Waals surface area contributed by atoms with E-state index in [9.17, 15) is 9.90 Å². The number of carboxylic acid groups (broad SMARTS) is 1. The van der Waals surface area contributed by atoms with Gasteiger partial charge in [0.2, 0.25) is 0 Å². The molecule has 0 bridgehead atoms. The lowest BCUT2D eigenvalue weighted by Gasteiger charge is -2.24. The van der Waals surface area contributed by atoms with Crippen molar-refractivity contribution in [1.29, 1.82) is 0 Å². The third-order valence-electron chi connectivity index (χ3n) is 4.71. The molecule has 2 saturated heterocycles. The van der Waals surface area contributed by atoms with Crippen LogP contribution in [-0.2, 0) is 11.3 Å². The van der Waals surface area contributed by atoms with Gasteiger partial charge in [-0.1, -0.05) is 10.3 Å². The number of rotatable bonds is 5.